The zero-order valence-corrected chi connectivity index (χ0v) is 13.1. The molecule has 2 amide bonds. The zero-order valence-electron chi connectivity index (χ0n) is 12.3. The lowest BCUT2D eigenvalue weighted by Gasteiger charge is -2.22. The highest BCUT2D eigenvalue weighted by Crippen LogP contribution is 2.29. The monoisotopic (exact) mass is 328 g/mol. The second kappa shape index (κ2) is 7.19. The highest BCUT2D eigenvalue weighted by Gasteiger charge is 2.25. The molecule has 1 aliphatic heterocycles. The molecule has 1 aliphatic rings. The summed E-state index contributed by atoms with van der Waals surface area (Å²) in [6.07, 6.45) is 0. The molecule has 5 nitrogen and oxygen atoms in total. The van der Waals surface area contributed by atoms with E-state index in [2.05, 4.69) is 10.6 Å². The van der Waals surface area contributed by atoms with Gasteiger partial charge in [0.1, 0.15) is 11.8 Å². The minimum atomic E-state index is -0.522. The first-order valence-electron chi connectivity index (χ1n) is 7.22. The van der Waals surface area contributed by atoms with E-state index in [0.717, 1.165) is 0 Å². The first-order chi connectivity index (χ1) is 11.2. The first-order valence-corrected chi connectivity index (χ1v) is 8.38. The van der Waals surface area contributed by atoms with Gasteiger partial charge in [-0.1, -0.05) is 30.3 Å². The lowest BCUT2D eigenvalue weighted by molar-refractivity contribution is -0.124. The Morgan fingerprint density at radius 2 is 1.87 bits per heavy atom. The molecule has 23 heavy (non-hydrogen) atoms. The number of benzene rings is 2. The fourth-order valence-electron chi connectivity index (χ4n) is 2.18. The molecule has 1 unspecified atom stereocenters. The number of hydrogen-bond donors (Lipinski definition) is 2. The largest absolute Gasteiger partial charge is 0.455 e. The van der Waals surface area contributed by atoms with Crippen molar-refractivity contribution in [1.29, 1.82) is 0 Å². The van der Waals surface area contributed by atoms with Gasteiger partial charge in [-0.15, -0.1) is 11.8 Å². The average Bonchev–Trinajstić information content (AvgIpc) is 2.57. The quantitative estimate of drug-likeness (QED) is 0.905. The smallest absolute Gasteiger partial charge is 0.247 e. The van der Waals surface area contributed by atoms with E-state index in [9.17, 15) is 9.59 Å². The van der Waals surface area contributed by atoms with E-state index in [1.54, 1.807) is 12.1 Å². The molecule has 1 atom stereocenters. The number of thioether (sulfide) groups is 1. The molecule has 1 heterocycles. The van der Waals surface area contributed by atoms with Crippen molar-refractivity contribution in [2.45, 2.75) is 6.04 Å². The number of anilines is 1. The Morgan fingerprint density at radius 1 is 1.13 bits per heavy atom. The Kier molecular flexibility index (Phi) is 4.83. The highest BCUT2D eigenvalue weighted by atomic mass is 32.2. The van der Waals surface area contributed by atoms with Gasteiger partial charge < -0.3 is 15.4 Å². The fraction of sp³-hybridized carbons (Fsp3) is 0.176. The summed E-state index contributed by atoms with van der Waals surface area (Å²) >= 11 is 1.45. The lowest BCUT2D eigenvalue weighted by Crippen LogP contribution is -2.49. The molecule has 0 spiro atoms. The molecule has 0 saturated carbocycles. The van der Waals surface area contributed by atoms with Crippen LogP contribution < -0.4 is 15.4 Å². The van der Waals surface area contributed by atoms with Gasteiger partial charge in [0.05, 0.1) is 11.4 Å². The van der Waals surface area contributed by atoms with Crippen molar-refractivity contribution in [3.05, 3.63) is 54.6 Å². The van der Waals surface area contributed by atoms with Crippen LogP contribution in [0.1, 0.15) is 0 Å². The maximum Gasteiger partial charge on any atom is 0.247 e. The van der Waals surface area contributed by atoms with Crippen LogP contribution in [0.3, 0.4) is 0 Å². The van der Waals surface area contributed by atoms with Crippen LogP contribution in [-0.4, -0.2) is 29.4 Å². The van der Waals surface area contributed by atoms with Crippen LogP contribution in [0, 0.1) is 0 Å². The molecule has 6 heteroatoms. The van der Waals surface area contributed by atoms with Crippen LogP contribution in [0.5, 0.6) is 11.5 Å². The van der Waals surface area contributed by atoms with Crippen molar-refractivity contribution >= 4 is 29.3 Å². The van der Waals surface area contributed by atoms with Crippen LogP contribution in [0.2, 0.25) is 0 Å². The molecule has 0 bridgehead atoms. The van der Waals surface area contributed by atoms with Gasteiger partial charge in [-0.25, -0.2) is 0 Å². The number of amides is 2. The number of hydrogen-bond acceptors (Lipinski definition) is 4. The standard InChI is InChI=1S/C17H16N2O3S/c20-16-11-23-10-14(18-16)17(21)19-13-8-4-5-9-15(13)22-12-6-2-1-3-7-12/h1-9,14H,10-11H2,(H,18,20)(H,19,21). The zero-order chi connectivity index (χ0) is 16.1. The third kappa shape index (κ3) is 4.04. The molecule has 0 aliphatic carbocycles. The van der Waals surface area contributed by atoms with Crippen molar-refractivity contribution in [1.82, 2.24) is 5.32 Å². The number of rotatable bonds is 4. The van der Waals surface area contributed by atoms with Gasteiger partial charge in [0.25, 0.3) is 0 Å². The summed E-state index contributed by atoms with van der Waals surface area (Å²) in [4.78, 5) is 23.7. The summed E-state index contributed by atoms with van der Waals surface area (Å²) in [5, 5.41) is 5.52. The number of para-hydroxylation sites is 3. The molecule has 2 aromatic carbocycles. The Hall–Kier alpha value is -2.47. The second-order valence-corrected chi connectivity index (χ2v) is 6.07. The third-order valence-electron chi connectivity index (χ3n) is 3.29. The molecular formula is C17H16N2O3S. The number of carbonyl (C=O) groups is 2. The van der Waals surface area contributed by atoms with Crippen LogP contribution in [0.25, 0.3) is 0 Å². The summed E-state index contributed by atoms with van der Waals surface area (Å²) in [6.45, 7) is 0. The fourth-order valence-corrected chi connectivity index (χ4v) is 3.04. The van der Waals surface area contributed by atoms with Gasteiger partial charge >= 0.3 is 0 Å². The van der Waals surface area contributed by atoms with E-state index in [1.807, 2.05) is 42.5 Å². The molecule has 2 N–H and O–H groups in total. The van der Waals surface area contributed by atoms with E-state index >= 15 is 0 Å². The Balaban J connectivity index is 1.72. The Labute approximate surface area is 138 Å². The SMILES string of the molecule is O=C1CSCC(C(=O)Nc2ccccc2Oc2ccccc2)N1. The average molecular weight is 328 g/mol. The van der Waals surface area contributed by atoms with Crippen molar-refractivity contribution < 1.29 is 14.3 Å². The van der Waals surface area contributed by atoms with E-state index in [0.29, 0.717) is 28.7 Å². The van der Waals surface area contributed by atoms with Gasteiger partial charge in [-0.3, -0.25) is 9.59 Å². The minimum Gasteiger partial charge on any atom is -0.455 e. The number of carbonyl (C=O) groups excluding carboxylic acids is 2. The predicted molar refractivity (Wildman–Crippen MR) is 90.8 cm³/mol. The van der Waals surface area contributed by atoms with Crippen LogP contribution in [0.15, 0.2) is 54.6 Å². The topological polar surface area (TPSA) is 67.4 Å². The lowest BCUT2D eigenvalue weighted by atomic mass is 10.2. The maximum atomic E-state index is 12.3. The van der Waals surface area contributed by atoms with Gasteiger partial charge in [-0.2, -0.15) is 0 Å². The van der Waals surface area contributed by atoms with Gasteiger partial charge in [0.15, 0.2) is 5.75 Å². The maximum absolute atomic E-state index is 12.3. The molecule has 2 aromatic rings. The molecule has 118 valence electrons. The normalized spacial score (nSPS) is 17.2. The third-order valence-corrected chi connectivity index (χ3v) is 4.32. The van der Waals surface area contributed by atoms with Gasteiger partial charge in [0, 0.05) is 5.75 Å². The second-order valence-electron chi connectivity index (χ2n) is 5.04. The van der Waals surface area contributed by atoms with Gasteiger partial charge in [0.2, 0.25) is 11.8 Å². The van der Waals surface area contributed by atoms with E-state index in [-0.39, 0.29) is 11.8 Å². The molecule has 1 saturated heterocycles. The number of ether oxygens (including phenoxy) is 1. The summed E-state index contributed by atoms with van der Waals surface area (Å²) in [7, 11) is 0. The van der Waals surface area contributed by atoms with Crippen molar-refractivity contribution in [2.24, 2.45) is 0 Å². The van der Waals surface area contributed by atoms with E-state index in [1.165, 1.54) is 11.8 Å². The highest BCUT2D eigenvalue weighted by molar-refractivity contribution is 8.00. The summed E-state index contributed by atoms with van der Waals surface area (Å²) in [5.41, 5.74) is 0.575. The van der Waals surface area contributed by atoms with Crippen LogP contribution >= 0.6 is 11.8 Å². The number of nitrogens with one attached hydrogen (secondary N) is 2. The summed E-state index contributed by atoms with van der Waals surface area (Å²) in [6, 6.07) is 16.1. The van der Waals surface area contributed by atoms with Crippen LogP contribution in [0.4, 0.5) is 5.69 Å². The summed E-state index contributed by atoms with van der Waals surface area (Å²) in [5.74, 6) is 1.86. The van der Waals surface area contributed by atoms with E-state index < -0.39 is 6.04 Å². The molecule has 0 aromatic heterocycles. The Morgan fingerprint density at radius 3 is 2.65 bits per heavy atom. The van der Waals surface area contributed by atoms with Crippen LogP contribution in [-0.2, 0) is 9.59 Å². The predicted octanol–water partition coefficient (Wildman–Crippen LogP) is 2.65. The molecular weight excluding hydrogens is 312 g/mol. The summed E-state index contributed by atoms with van der Waals surface area (Å²) < 4.78 is 5.81. The minimum absolute atomic E-state index is 0.116. The first kappa shape index (κ1) is 15.4. The van der Waals surface area contributed by atoms with Gasteiger partial charge in [-0.05, 0) is 24.3 Å². The molecule has 0 radical (unpaired) electrons. The molecule has 3 rings (SSSR count). The Bertz CT molecular complexity index is 706. The van der Waals surface area contributed by atoms with E-state index in [4.69, 9.17) is 4.74 Å². The van der Waals surface area contributed by atoms with Crippen molar-refractivity contribution in [3.8, 4) is 11.5 Å². The molecule has 1 fully saturated rings. The van der Waals surface area contributed by atoms with Crippen molar-refractivity contribution in [2.75, 3.05) is 16.8 Å². The van der Waals surface area contributed by atoms with Crippen molar-refractivity contribution in [3.63, 3.8) is 0 Å².